The molecule has 0 aliphatic heterocycles. The van der Waals surface area contributed by atoms with Crippen molar-refractivity contribution in [3.8, 4) is 0 Å². The van der Waals surface area contributed by atoms with Gasteiger partial charge in [-0.25, -0.2) is 4.39 Å². The van der Waals surface area contributed by atoms with Crippen molar-refractivity contribution in [3.05, 3.63) is 57.0 Å². The van der Waals surface area contributed by atoms with E-state index in [1.807, 2.05) is 30.1 Å². The van der Waals surface area contributed by atoms with Crippen molar-refractivity contribution in [2.45, 2.75) is 12.6 Å². The van der Waals surface area contributed by atoms with Crippen LogP contribution in [0.25, 0.3) is 0 Å². The maximum atomic E-state index is 13.6. The standard InChI is InChI=1S/C14H16ClFN2S/c1-18(9-10-4-2-3-5-11(10)16)12(8-17)13-6-7-14(15)19-13/h2-7,12H,8-9,17H2,1H3. The highest BCUT2D eigenvalue weighted by molar-refractivity contribution is 7.16. The lowest BCUT2D eigenvalue weighted by atomic mass is 10.1. The van der Waals surface area contributed by atoms with Crippen LogP contribution in [0.2, 0.25) is 4.34 Å². The fourth-order valence-corrected chi connectivity index (χ4v) is 3.27. The van der Waals surface area contributed by atoms with Crippen LogP contribution in [0.1, 0.15) is 16.5 Å². The Morgan fingerprint density at radius 2 is 2.05 bits per heavy atom. The first kappa shape index (κ1) is 14.5. The molecule has 0 amide bonds. The maximum Gasteiger partial charge on any atom is 0.127 e. The number of hydrogen-bond acceptors (Lipinski definition) is 3. The van der Waals surface area contributed by atoms with Crippen LogP contribution in [0.5, 0.6) is 0 Å². The third-order valence-electron chi connectivity index (χ3n) is 3.06. The van der Waals surface area contributed by atoms with E-state index in [1.165, 1.54) is 17.4 Å². The highest BCUT2D eigenvalue weighted by atomic mass is 35.5. The Bertz CT molecular complexity index is 544. The minimum atomic E-state index is -0.186. The molecule has 1 unspecified atom stereocenters. The van der Waals surface area contributed by atoms with Crippen molar-refractivity contribution in [3.63, 3.8) is 0 Å². The molecule has 2 aromatic rings. The second-order valence-corrected chi connectivity index (χ2v) is 6.15. The molecule has 0 bridgehead atoms. The Labute approximate surface area is 121 Å². The van der Waals surface area contributed by atoms with Crippen LogP contribution in [0.15, 0.2) is 36.4 Å². The van der Waals surface area contributed by atoms with Crippen molar-refractivity contribution in [2.75, 3.05) is 13.6 Å². The number of likely N-dealkylation sites (N-methyl/N-ethyl adjacent to an activating group) is 1. The topological polar surface area (TPSA) is 29.3 Å². The van der Waals surface area contributed by atoms with Crippen molar-refractivity contribution in [1.29, 1.82) is 0 Å². The third-order valence-corrected chi connectivity index (χ3v) is 4.39. The van der Waals surface area contributed by atoms with E-state index in [-0.39, 0.29) is 11.9 Å². The lowest BCUT2D eigenvalue weighted by molar-refractivity contribution is 0.242. The minimum Gasteiger partial charge on any atom is -0.329 e. The van der Waals surface area contributed by atoms with E-state index in [2.05, 4.69) is 0 Å². The summed E-state index contributed by atoms with van der Waals surface area (Å²) in [6, 6.07) is 10.7. The van der Waals surface area contributed by atoms with Crippen molar-refractivity contribution in [1.82, 2.24) is 4.90 Å². The highest BCUT2D eigenvalue weighted by Crippen LogP contribution is 2.30. The first-order chi connectivity index (χ1) is 9.11. The van der Waals surface area contributed by atoms with Gasteiger partial charge in [0.25, 0.3) is 0 Å². The van der Waals surface area contributed by atoms with E-state index in [0.717, 1.165) is 9.21 Å². The van der Waals surface area contributed by atoms with E-state index in [9.17, 15) is 4.39 Å². The van der Waals surface area contributed by atoms with Gasteiger partial charge < -0.3 is 5.73 Å². The summed E-state index contributed by atoms with van der Waals surface area (Å²) >= 11 is 7.46. The predicted octanol–water partition coefficient (Wildman–Crippen LogP) is 3.67. The Balaban J connectivity index is 2.13. The molecule has 2 N–H and O–H groups in total. The molecule has 0 saturated heterocycles. The number of benzene rings is 1. The summed E-state index contributed by atoms with van der Waals surface area (Å²) < 4.78 is 14.4. The van der Waals surface area contributed by atoms with Crippen molar-refractivity contribution in [2.24, 2.45) is 5.73 Å². The summed E-state index contributed by atoms with van der Waals surface area (Å²) in [5.41, 5.74) is 6.51. The van der Waals surface area contributed by atoms with Gasteiger partial charge in [0.2, 0.25) is 0 Å². The second kappa shape index (κ2) is 6.48. The zero-order chi connectivity index (χ0) is 13.8. The molecule has 1 aromatic heterocycles. The summed E-state index contributed by atoms with van der Waals surface area (Å²) in [7, 11) is 1.94. The number of nitrogens with two attached hydrogens (primary N) is 1. The van der Waals surface area contributed by atoms with Gasteiger partial charge in [-0.3, -0.25) is 4.90 Å². The normalized spacial score (nSPS) is 12.9. The van der Waals surface area contributed by atoms with Crippen LogP contribution in [0.4, 0.5) is 4.39 Å². The summed E-state index contributed by atoms with van der Waals surface area (Å²) in [5, 5.41) is 0. The largest absolute Gasteiger partial charge is 0.329 e. The second-order valence-electron chi connectivity index (χ2n) is 4.40. The van der Waals surface area contributed by atoms with Crippen LogP contribution < -0.4 is 5.73 Å². The molecule has 102 valence electrons. The highest BCUT2D eigenvalue weighted by Gasteiger charge is 2.18. The first-order valence-electron chi connectivity index (χ1n) is 6.00. The molecule has 2 nitrogen and oxygen atoms in total. The van der Waals surface area contributed by atoms with E-state index in [1.54, 1.807) is 12.1 Å². The van der Waals surface area contributed by atoms with E-state index in [0.29, 0.717) is 18.7 Å². The van der Waals surface area contributed by atoms with Crippen LogP contribution in [0.3, 0.4) is 0 Å². The molecule has 0 saturated carbocycles. The fourth-order valence-electron chi connectivity index (χ4n) is 2.03. The fraction of sp³-hybridized carbons (Fsp3) is 0.286. The molecule has 0 spiro atoms. The smallest absolute Gasteiger partial charge is 0.127 e. The molecule has 2 rings (SSSR count). The van der Waals surface area contributed by atoms with Crippen LogP contribution in [-0.4, -0.2) is 18.5 Å². The van der Waals surface area contributed by atoms with Gasteiger partial charge in [0.15, 0.2) is 0 Å². The molecule has 0 aliphatic rings. The van der Waals surface area contributed by atoms with Crippen molar-refractivity contribution >= 4 is 22.9 Å². The van der Waals surface area contributed by atoms with Crippen molar-refractivity contribution < 1.29 is 4.39 Å². The van der Waals surface area contributed by atoms with E-state index < -0.39 is 0 Å². The summed E-state index contributed by atoms with van der Waals surface area (Å²) in [6.07, 6.45) is 0. The van der Waals surface area contributed by atoms with Crippen LogP contribution in [0, 0.1) is 5.82 Å². The van der Waals surface area contributed by atoms with Gasteiger partial charge in [0, 0.05) is 23.5 Å². The quantitative estimate of drug-likeness (QED) is 0.912. The molecule has 1 atom stereocenters. The number of thiophene rings is 1. The molecule has 19 heavy (non-hydrogen) atoms. The van der Waals surface area contributed by atoms with Gasteiger partial charge in [-0.05, 0) is 25.2 Å². The number of nitrogens with zero attached hydrogens (tertiary/aromatic N) is 1. The molecule has 1 heterocycles. The average molecular weight is 299 g/mol. The molecule has 0 fully saturated rings. The zero-order valence-corrected chi connectivity index (χ0v) is 12.2. The molecule has 0 aliphatic carbocycles. The van der Waals surface area contributed by atoms with Crippen LogP contribution >= 0.6 is 22.9 Å². The monoisotopic (exact) mass is 298 g/mol. The van der Waals surface area contributed by atoms with Gasteiger partial charge >= 0.3 is 0 Å². The first-order valence-corrected chi connectivity index (χ1v) is 7.20. The molecule has 5 heteroatoms. The SMILES string of the molecule is CN(Cc1ccccc1F)C(CN)c1ccc(Cl)s1. The Hall–Kier alpha value is -0.940. The lowest BCUT2D eigenvalue weighted by Gasteiger charge is -2.26. The molecule has 0 radical (unpaired) electrons. The third kappa shape index (κ3) is 3.54. The number of halogens is 2. The Morgan fingerprint density at radius 3 is 2.63 bits per heavy atom. The maximum absolute atomic E-state index is 13.6. The van der Waals surface area contributed by atoms with Gasteiger partial charge in [0.1, 0.15) is 5.82 Å². The minimum absolute atomic E-state index is 0.0529. The van der Waals surface area contributed by atoms with Crippen LogP contribution in [-0.2, 0) is 6.54 Å². The predicted molar refractivity (Wildman–Crippen MR) is 79.0 cm³/mol. The van der Waals surface area contributed by atoms with Gasteiger partial charge in [-0.15, -0.1) is 11.3 Å². The van der Waals surface area contributed by atoms with Gasteiger partial charge in [-0.1, -0.05) is 29.8 Å². The summed E-state index contributed by atoms with van der Waals surface area (Å²) in [6.45, 7) is 0.992. The summed E-state index contributed by atoms with van der Waals surface area (Å²) in [5.74, 6) is -0.186. The van der Waals surface area contributed by atoms with E-state index in [4.69, 9.17) is 17.3 Å². The molecule has 1 aromatic carbocycles. The molecular formula is C14H16ClFN2S. The number of hydrogen-bond donors (Lipinski definition) is 1. The Morgan fingerprint density at radius 1 is 1.32 bits per heavy atom. The zero-order valence-electron chi connectivity index (χ0n) is 10.6. The summed E-state index contributed by atoms with van der Waals surface area (Å²) in [4.78, 5) is 3.15. The lowest BCUT2D eigenvalue weighted by Crippen LogP contribution is -2.29. The number of rotatable bonds is 5. The average Bonchev–Trinajstić information content (AvgIpc) is 2.80. The van der Waals surface area contributed by atoms with Gasteiger partial charge in [0.05, 0.1) is 10.4 Å². The van der Waals surface area contributed by atoms with E-state index >= 15 is 0 Å². The Kier molecular flexibility index (Phi) is 4.93. The van der Waals surface area contributed by atoms with Gasteiger partial charge in [-0.2, -0.15) is 0 Å². The molecular weight excluding hydrogens is 283 g/mol.